The fraction of sp³-hybridized carbons (Fsp3) is 0. The van der Waals surface area contributed by atoms with Gasteiger partial charge in [0.1, 0.15) is 5.69 Å². The molecular weight excluding hydrogens is 344 g/mol. The molecule has 0 aliphatic carbocycles. The van der Waals surface area contributed by atoms with Gasteiger partial charge in [0.05, 0.1) is 6.20 Å². The van der Waals surface area contributed by atoms with Crippen molar-refractivity contribution in [3.8, 4) is 22.8 Å². The molecule has 0 bridgehead atoms. The molecule has 0 aliphatic rings. The zero-order valence-electron chi connectivity index (χ0n) is 12.1. The second-order valence-electron chi connectivity index (χ2n) is 4.81. The van der Waals surface area contributed by atoms with E-state index in [0.717, 1.165) is 18.3 Å². The van der Waals surface area contributed by atoms with E-state index in [1.165, 1.54) is 6.07 Å². The quantitative estimate of drug-likeness (QED) is 0.381. The molecule has 0 saturated heterocycles. The van der Waals surface area contributed by atoms with Gasteiger partial charge in [0.25, 0.3) is 5.95 Å². The van der Waals surface area contributed by atoms with Crippen molar-refractivity contribution in [3.05, 3.63) is 53.9 Å². The molecule has 1 aromatic carbocycles. The van der Waals surface area contributed by atoms with Crippen molar-refractivity contribution in [2.45, 2.75) is 0 Å². The predicted octanol–water partition coefficient (Wildman–Crippen LogP) is 3.25. The second kappa shape index (κ2) is 6.23. The van der Waals surface area contributed by atoms with Crippen LogP contribution in [0.4, 0.5) is 29.3 Å². The fourth-order valence-corrected chi connectivity index (χ4v) is 1.94. The summed E-state index contributed by atoms with van der Waals surface area (Å²) in [6, 6.07) is 3.74. The highest BCUT2D eigenvalue weighted by Gasteiger charge is 2.15. The lowest BCUT2D eigenvalue weighted by Gasteiger charge is -2.09. The molecule has 0 aliphatic heterocycles. The molecule has 2 heterocycles. The van der Waals surface area contributed by atoms with E-state index in [1.54, 1.807) is 0 Å². The smallest absolute Gasteiger partial charge is 0.251 e. The van der Waals surface area contributed by atoms with Crippen LogP contribution in [0.25, 0.3) is 11.3 Å². The van der Waals surface area contributed by atoms with E-state index in [4.69, 9.17) is 0 Å². The third-order valence-corrected chi connectivity index (χ3v) is 3.11. The molecule has 25 heavy (non-hydrogen) atoms. The van der Waals surface area contributed by atoms with Crippen LogP contribution in [0.3, 0.4) is 0 Å². The maximum Gasteiger partial charge on any atom is 0.251 e. The molecule has 10 heteroatoms. The number of halogens is 4. The van der Waals surface area contributed by atoms with Gasteiger partial charge in [-0.25, -0.2) is 23.1 Å². The highest BCUT2D eigenvalue weighted by molar-refractivity contribution is 5.65. The summed E-state index contributed by atoms with van der Waals surface area (Å²) >= 11 is 0. The number of phenolic OH excluding ortho intramolecular Hbond substituents is 2. The highest BCUT2D eigenvalue weighted by Crippen LogP contribution is 2.31. The summed E-state index contributed by atoms with van der Waals surface area (Å²) in [6.45, 7) is 0. The van der Waals surface area contributed by atoms with Crippen molar-refractivity contribution in [2.24, 2.45) is 0 Å². The number of benzene rings is 1. The Labute approximate surface area is 137 Å². The van der Waals surface area contributed by atoms with Crippen LogP contribution in [0.2, 0.25) is 0 Å². The minimum atomic E-state index is -1.53. The molecule has 3 N–H and O–H groups in total. The van der Waals surface area contributed by atoms with Crippen LogP contribution in [0, 0.1) is 23.4 Å². The van der Waals surface area contributed by atoms with Gasteiger partial charge in [-0.1, -0.05) is 0 Å². The number of hydrogen-bond acceptors (Lipinski definition) is 6. The van der Waals surface area contributed by atoms with Gasteiger partial charge in [0.2, 0.25) is 5.95 Å². The van der Waals surface area contributed by atoms with Crippen LogP contribution >= 0.6 is 0 Å². The number of pyridine rings is 1. The number of nitrogens with zero attached hydrogens (tertiary/aromatic N) is 3. The van der Waals surface area contributed by atoms with Crippen LogP contribution in [-0.2, 0) is 0 Å². The largest absolute Gasteiger partial charge is 0.504 e. The van der Waals surface area contributed by atoms with E-state index >= 15 is 0 Å². The van der Waals surface area contributed by atoms with Gasteiger partial charge in [-0.15, -0.1) is 0 Å². The standard InChI is InChI=1S/C15H8F4N4O2/c16-7-4-8(17)14(22-13(7)19)23-15-20-5-9(18)12(21-15)6-1-2-10(24)11(25)3-6/h1-5,24-25H,(H,20,21,22,23). The maximum atomic E-state index is 13.9. The molecule has 3 aromatic rings. The number of nitrogens with one attached hydrogen (secondary N) is 1. The summed E-state index contributed by atoms with van der Waals surface area (Å²) < 4.78 is 53.5. The first-order chi connectivity index (χ1) is 11.8. The summed E-state index contributed by atoms with van der Waals surface area (Å²) in [6.07, 6.45) is 0.756. The summed E-state index contributed by atoms with van der Waals surface area (Å²) in [5.41, 5.74) is -0.187. The van der Waals surface area contributed by atoms with E-state index in [2.05, 4.69) is 20.3 Å². The number of anilines is 2. The number of phenols is 2. The molecule has 0 radical (unpaired) electrons. The molecule has 6 nitrogen and oxygen atoms in total. The summed E-state index contributed by atoms with van der Waals surface area (Å²) in [4.78, 5) is 10.4. The number of hydrogen-bond donors (Lipinski definition) is 3. The average molecular weight is 352 g/mol. The zero-order chi connectivity index (χ0) is 18.1. The molecular formula is C15H8F4N4O2. The van der Waals surface area contributed by atoms with Crippen LogP contribution < -0.4 is 5.32 Å². The molecule has 128 valence electrons. The van der Waals surface area contributed by atoms with Crippen molar-refractivity contribution < 1.29 is 27.8 Å². The van der Waals surface area contributed by atoms with Crippen LogP contribution in [0.5, 0.6) is 11.5 Å². The third kappa shape index (κ3) is 3.27. The Balaban J connectivity index is 1.99. The van der Waals surface area contributed by atoms with E-state index in [0.29, 0.717) is 0 Å². The number of rotatable bonds is 3. The Morgan fingerprint density at radius 3 is 2.32 bits per heavy atom. The third-order valence-electron chi connectivity index (χ3n) is 3.11. The molecule has 0 unspecified atom stereocenters. The Kier molecular flexibility index (Phi) is 4.09. The summed E-state index contributed by atoms with van der Waals surface area (Å²) in [7, 11) is 0. The molecule has 0 spiro atoms. The van der Waals surface area contributed by atoms with Crippen LogP contribution in [0.15, 0.2) is 30.5 Å². The summed E-state index contributed by atoms with van der Waals surface area (Å²) in [5.74, 6) is -7.02. The van der Waals surface area contributed by atoms with Gasteiger partial charge in [0.15, 0.2) is 34.8 Å². The Morgan fingerprint density at radius 1 is 0.840 bits per heavy atom. The average Bonchev–Trinajstić information content (AvgIpc) is 2.57. The fourth-order valence-electron chi connectivity index (χ4n) is 1.94. The minimum Gasteiger partial charge on any atom is -0.504 e. The lowest BCUT2D eigenvalue weighted by atomic mass is 10.1. The SMILES string of the molecule is Oc1ccc(-c2nc(Nc3nc(F)c(F)cc3F)ncc2F)cc1O. The van der Waals surface area contributed by atoms with Gasteiger partial charge in [0, 0.05) is 11.6 Å². The molecule has 0 amide bonds. The summed E-state index contributed by atoms with van der Waals surface area (Å²) in [5, 5.41) is 21.0. The van der Waals surface area contributed by atoms with E-state index < -0.39 is 40.7 Å². The van der Waals surface area contributed by atoms with Gasteiger partial charge in [-0.05, 0) is 18.2 Å². The Morgan fingerprint density at radius 2 is 1.60 bits per heavy atom. The molecule has 0 saturated carbocycles. The first kappa shape index (κ1) is 16.4. The first-order valence-electron chi connectivity index (χ1n) is 6.68. The second-order valence-corrected chi connectivity index (χ2v) is 4.81. The molecule has 3 rings (SSSR count). The molecule has 0 fully saturated rings. The van der Waals surface area contributed by atoms with E-state index in [9.17, 15) is 27.8 Å². The van der Waals surface area contributed by atoms with Gasteiger partial charge < -0.3 is 15.5 Å². The van der Waals surface area contributed by atoms with Crippen molar-refractivity contribution in [1.82, 2.24) is 15.0 Å². The van der Waals surface area contributed by atoms with Crippen molar-refractivity contribution in [2.75, 3.05) is 5.32 Å². The number of aromatic nitrogens is 3. The highest BCUT2D eigenvalue weighted by atomic mass is 19.2. The molecule has 2 aromatic heterocycles. The van der Waals surface area contributed by atoms with Gasteiger partial charge >= 0.3 is 0 Å². The maximum absolute atomic E-state index is 13.9. The van der Waals surface area contributed by atoms with Gasteiger partial charge in [-0.2, -0.15) is 9.37 Å². The van der Waals surface area contributed by atoms with Crippen LogP contribution in [0.1, 0.15) is 0 Å². The first-order valence-corrected chi connectivity index (χ1v) is 6.68. The lowest BCUT2D eigenvalue weighted by Crippen LogP contribution is -2.05. The van der Waals surface area contributed by atoms with Crippen molar-refractivity contribution in [3.63, 3.8) is 0 Å². The van der Waals surface area contributed by atoms with Crippen molar-refractivity contribution >= 4 is 11.8 Å². The van der Waals surface area contributed by atoms with Gasteiger partial charge in [-0.3, -0.25) is 0 Å². The van der Waals surface area contributed by atoms with E-state index in [-0.39, 0.29) is 23.3 Å². The normalized spacial score (nSPS) is 10.7. The zero-order valence-corrected chi connectivity index (χ0v) is 12.1. The Hall–Kier alpha value is -3.43. The van der Waals surface area contributed by atoms with E-state index in [1.807, 2.05) is 0 Å². The van der Waals surface area contributed by atoms with Crippen molar-refractivity contribution in [1.29, 1.82) is 0 Å². The van der Waals surface area contributed by atoms with Crippen LogP contribution in [-0.4, -0.2) is 25.2 Å². The lowest BCUT2D eigenvalue weighted by molar-refractivity contribution is 0.404. The molecule has 0 atom stereocenters. The topological polar surface area (TPSA) is 91.2 Å². The Bertz CT molecular complexity index is 969. The monoisotopic (exact) mass is 352 g/mol. The number of aromatic hydroxyl groups is 2. The minimum absolute atomic E-state index is 0.0944. The predicted molar refractivity (Wildman–Crippen MR) is 78.1 cm³/mol.